The summed E-state index contributed by atoms with van der Waals surface area (Å²) in [6.07, 6.45) is 7.53. The second-order valence-electron chi connectivity index (χ2n) is 10.2. The first kappa shape index (κ1) is 24.3. The van der Waals surface area contributed by atoms with Gasteiger partial charge in [-0.05, 0) is 73.9 Å². The molecule has 1 aromatic heterocycles. The lowest BCUT2D eigenvalue weighted by Gasteiger charge is -2.32. The third kappa shape index (κ3) is 4.35. The summed E-state index contributed by atoms with van der Waals surface area (Å²) in [5, 5.41) is 4.45. The lowest BCUT2D eigenvalue weighted by Crippen LogP contribution is -2.46. The van der Waals surface area contributed by atoms with Crippen molar-refractivity contribution >= 4 is 22.5 Å². The number of carbonyl (C=O) groups excluding carboxylic acids is 1. The molecule has 3 N–H and O–H groups in total. The van der Waals surface area contributed by atoms with E-state index >= 15 is 0 Å². The van der Waals surface area contributed by atoms with Gasteiger partial charge in [0.15, 0.2) is 0 Å². The van der Waals surface area contributed by atoms with Crippen molar-refractivity contribution in [2.75, 3.05) is 20.2 Å². The van der Waals surface area contributed by atoms with Gasteiger partial charge in [0.25, 0.3) is 5.91 Å². The molecule has 1 fully saturated rings. The van der Waals surface area contributed by atoms with Gasteiger partial charge in [0.1, 0.15) is 17.7 Å². The molecular formula is C30H32FN5O2. The lowest BCUT2D eigenvalue weighted by atomic mass is 10.0. The highest BCUT2D eigenvalue weighted by Gasteiger charge is 2.33. The average Bonchev–Trinajstić information content (AvgIpc) is 3.44. The Hall–Kier alpha value is -4.04. The molecule has 196 valence electrons. The number of rotatable bonds is 5. The molecule has 7 nitrogen and oxygen atoms in total. The first-order valence-electron chi connectivity index (χ1n) is 13.0. The number of nitrogens with zero attached hydrogens (tertiary/aromatic N) is 3. The first-order valence-corrected chi connectivity index (χ1v) is 13.0. The van der Waals surface area contributed by atoms with Gasteiger partial charge in [0.2, 0.25) is 0 Å². The Morgan fingerprint density at radius 3 is 2.89 bits per heavy atom. The highest BCUT2D eigenvalue weighted by atomic mass is 19.1. The van der Waals surface area contributed by atoms with Gasteiger partial charge in [-0.25, -0.2) is 4.39 Å². The number of amides is 1. The maximum absolute atomic E-state index is 14.2. The molecule has 6 rings (SSSR count). The fourth-order valence-corrected chi connectivity index (χ4v) is 5.72. The summed E-state index contributed by atoms with van der Waals surface area (Å²) in [6, 6.07) is 14.9. The molecule has 3 aliphatic rings. The van der Waals surface area contributed by atoms with Crippen LogP contribution in [0.3, 0.4) is 0 Å². The van der Waals surface area contributed by atoms with Gasteiger partial charge in [-0.1, -0.05) is 12.1 Å². The Morgan fingerprint density at radius 2 is 2.08 bits per heavy atom. The lowest BCUT2D eigenvalue weighted by molar-refractivity contribution is -0.128. The minimum atomic E-state index is -0.267. The first-order chi connectivity index (χ1) is 18.4. The molecule has 1 saturated heterocycles. The topological polar surface area (TPSA) is 75.8 Å². The van der Waals surface area contributed by atoms with E-state index in [-0.39, 0.29) is 23.9 Å². The van der Waals surface area contributed by atoms with E-state index in [1.807, 2.05) is 53.6 Å². The number of hydrogen-bond donors (Lipinski definition) is 2. The molecule has 0 bridgehead atoms. The number of aromatic nitrogens is 1. The third-order valence-electron chi connectivity index (χ3n) is 7.68. The van der Waals surface area contributed by atoms with Crippen LogP contribution in [-0.4, -0.2) is 52.7 Å². The van der Waals surface area contributed by atoms with Crippen LogP contribution in [0.4, 0.5) is 4.39 Å². The molecule has 1 amide bonds. The van der Waals surface area contributed by atoms with Crippen LogP contribution >= 0.6 is 0 Å². The molecule has 3 aliphatic heterocycles. The van der Waals surface area contributed by atoms with Gasteiger partial charge in [0.05, 0.1) is 18.5 Å². The van der Waals surface area contributed by atoms with E-state index in [9.17, 15) is 9.18 Å². The highest BCUT2D eigenvalue weighted by molar-refractivity contribution is 5.97. The summed E-state index contributed by atoms with van der Waals surface area (Å²) >= 11 is 0. The van der Waals surface area contributed by atoms with Crippen LogP contribution in [0, 0.1) is 5.82 Å². The van der Waals surface area contributed by atoms with E-state index in [0.29, 0.717) is 18.7 Å². The molecule has 38 heavy (non-hydrogen) atoms. The van der Waals surface area contributed by atoms with Crippen molar-refractivity contribution in [1.82, 2.24) is 19.7 Å². The molecular weight excluding hydrogens is 481 g/mol. The standard InChI is InChI=1S/C30H32FN5O2/c1-19-29(33-28-16-21(10-12-35(19)28)30(37)34-11-4-6-24(32)18-34)27-15-22-14-23(31)8-9-26(22)36(27)17-20-5-3-7-25(13-20)38-2/h3,5,7-10,12-16,24,28,33H,4,6,11,17-18,32H2,1-2H3. The van der Waals surface area contributed by atoms with Crippen LogP contribution in [0.2, 0.25) is 0 Å². The van der Waals surface area contributed by atoms with Crippen LogP contribution < -0.4 is 15.8 Å². The van der Waals surface area contributed by atoms with Gasteiger partial charge in [-0.15, -0.1) is 0 Å². The summed E-state index contributed by atoms with van der Waals surface area (Å²) in [6.45, 7) is 3.98. The minimum absolute atomic E-state index is 0.0200. The molecule has 2 unspecified atom stereocenters. The maximum atomic E-state index is 14.2. The van der Waals surface area contributed by atoms with Gasteiger partial charge < -0.3 is 30.2 Å². The van der Waals surface area contributed by atoms with E-state index in [4.69, 9.17) is 10.5 Å². The Labute approximate surface area is 221 Å². The highest BCUT2D eigenvalue weighted by Crippen LogP contribution is 2.35. The van der Waals surface area contributed by atoms with Gasteiger partial charge in [-0.3, -0.25) is 4.79 Å². The summed E-state index contributed by atoms with van der Waals surface area (Å²) in [5.74, 6) is 0.545. The van der Waals surface area contributed by atoms with Crippen LogP contribution in [0.15, 0.2) is 78.2 Å². The summed E-state index contributed by atoms with van der Waals surface area (Å²) in [7, 11) is 1.66. The maximum Gasteiger partial charge on any atom is 0.253 e. The molecule has 0 radical (unpaired) electrons. The summed E-state index contributed by atoms with van der Waals surface area (Å²) < 4.78 is 21.8. The van der Waals surface area contributed by atoms with Gasteiger partial charge in [-0.2, -0.15) is 0 Å². The van der Waals surface area contributed by atoms with E-state index in [0.717, 1.165) is 58.7 Å². The van der Waals surface area contributed by atoms with Crippen molar-refractivity contribution in [3.63, 3.8) is 0 Å². The minimum Gasteiger partial charge on any atom is -0.497 e. The molecule has 2 atom stereocenters. The third-order valence-corrected chi connectivity index (χ3v) is 7.68. The molecule has 3 aromatic rings. The van der Waals surface area contributed by atoms with Gasteiger partial charge >= 0.3 is 0 Å². The zero-order chi connectivity index (χ0) is 26.4. The number of nitrogens with two attached hydrogens (primary N) is 1. The van der Waals surface area contributed by atoms with Crippen LogP contribution in [0.25, 0.3) is 16.6 Å². The van der Waals surface area contributed by atoms with Crippen molar-refractivity contribution in [1.29, 1.82) is 0 Å². The molecule has 8 heteroatoms. The van der Waals surface area contributed by atoms with E-state index in [1.165, 1.54) is 6.07 Å². The Kier molecular flexibility index (Phi) is 6.19. The molecule has 0 spiro atoms. The summed E-state index contributed by atoms with van der Waals surface area (Å²) in [4.78, 5) is 17.2. The number of carbonyl (C=O) groups is 1. The Bertz CT molecular complexity index is 1500. The van der Waals surface area contributed by atoms with Crippen LogP contribution in [-0.2, 0) is 11.3 Å². The number of methoxy groups -OCH3 is 1. The fourth-order valence-electron chi connectivity index (χ4n) is 5.72. The number of benzene rings is 2. The smallest absolute Gasteiger partial charge is 0.253 e. The Morgan fingerprint density at radius 1 is 1.21 bits per heavy atom. The number of hydrogen-bond acceptors (Lipinski definition) is 5. The predicted molar refractivity (Wildman–Crippen MR) is 146 cm³/mol. The predicted octanol–water partition coefficient (Wildman–Crippen LogP) is 4.16. The van der Waals surface area contributed by atoms with Crippen LogP contribution in [0.5, 0.6) is 5.75 Å². The number of allylic oxidation sites excluding steroid dienone is 1. The second kappa shape index (κ2) is 9.68. The zero-order valence-corrected chi connectivity index (χ0v) is 21.7. The normalized spacial score (nSPS) is 21.0. The van der Waals surface area contributed by atoms with Crippen molar-refractivity contribution in [3.8, 4) is 5.75 Å². The molecule has 4 heterocycles. The van der Waals surface area contributed by atoms with Crippen molar-refractivity contribution in [2.24, 2.45) is 5.73 Å². The number of halogens is 1. The van der Waals surface area contributed by atoms with Crippen LogP contribution in [0.1, 0.15) is 31.0 Å². The fraction of sp³-hybridized carbons (Fsp3) is 0.300. The average molecular weight is 514 g/mol. The Balaban J connectivity index is 1.34. The summed E-state index contributed by atoms with van der Waals surface area (Å²) in [5.41, 5.74) is 11.7. The van der Waals surface area contributed by atoms with Gasteiger partial charge in [0, 0.05) is 54.0 Å². The van der Waals surface area contributed by atoms with Crippen molar-refractivity contribution in [2.45, 2.75) is 38.5 Å². The molecule has 2 aromatic carbocycles. The van der Waals surface area contributed by atoms with E-state index in [2.05, 4.69) is 27.8 Å². The number of nitrogens with one attached hydrogen (secondary N) is 1. The largest absolute Gasteiger partial charge is 0.497 e. The van der Waals surface area contributed by atoms with Crippen molar-refractivity contribution < 1.29 is 13.9 Å². The SMILES string of the molecule is COc1cccc(Cn2c(C3=C(C)N4C=CC(C(=O)N5CCCC(N)C5)=CC4N3)cc3cc(F)ccc32)c1. The number of likely N-dealkylation sites (tertiary alicyclic amines) is 1. The van der Waals surface area contributed by atoms with E-state index in [1.54, 1.807) is 13.2 Å². The van der Waals surface area contributed by atoms with E-state index < -0.39 is 0 Å². The monoisotopic (exact) mass is 513 g/mol. The van der Waals surface area contributed by atoms with Crippen molar-refractivity contribution in [3.05, 3.63) is 95.2 Å². The number of ether oxygens (including phenoxy) is 1. The number of fused-ring (bicyclic) bond motifs is 2. The number of piperidine rings is 1. The second-order valence-corrected chi connectivity index (χ2v) is 10.2. The zero-order valence-electron chi connectivity index (χ0n) is 21.7. The quantitative estimate of drug-likeness (QED) is 0.536. The molecule has 0 saturated carbocycles. The molecule has 0 aliphatic carbocycles.